The number of aromatic carboxylic acids is 1. The highest BCUT2D eigenvalue weighted by Crippen LogP contribution is 2.33. The Morgan fingerprint density at radius 3 is 2.20 bits per heavy atom. The van der Waals surface area contributed by atoms with Gasteiger partial charge in [0.1, 0.15) is 5.75 Å². The molecule has 2 rings (SSSR count). The van der Waals surface area contributed by atoms with Crippen molar-refractivity contribution in [2.45, 2.75) is 6.92 Å². The molecular weight excluding hydrogens is 326 g/mol. The smallest absolute Gasteiger partial charge is 0.337 e. The van der Waals surface area contributed by atoms with Gasteiger partial charge in [0.2, 0.25) is 0 Å². The van der Waals surface area contributed by atoms with Gasteiger partial charge in [0.25, 0.3) is 5.91 Å². The molecule has 0 aromatic heterocycles. The number of methoxy groups -OCH3 is 2. The number of carboxylic acid groups (broad SMARTS) is 1. The lowest BCUT2D eigenvalue weighted by Crippen LogP contribution is -2.21. The first-order valence-electron chi connectivity index (χ1n) is 7.43. The largest absolute Gasteiger partial charge is 0.493 e. The van der Waals surface area contributed by atoms with Gasteiger partial charge in [0, 0.05) is 12.1 Å². The Labute approximate surface area is 145 Å². The van der Waals surface area contributed by atoms with Crippen LogP contribution in [0, 0.1) is 6.92 Å². The number of carboxylic acids is 1. The van der Waals surface area contributed by atoms with Crippen molar-refractivity contribution in [3.05, 3.63) is 47.5 Å². The van der Waals surface area contributed by atoms with Crippen molar-refractivity contribution in [1.29, 1.82) is 0 Å². The van der Waals surface area contributed by atoms with E-state index in [0.29, 0.717) is 11.5 Å². The quantitative estimate of drug-likeness (QED) is 0.801. The van der Waals surface area contributed by atoms with Gasteiger partial charge in [-0.15, -0.1) is 0 Å². The van der Waals surface area contributed by atoms with Crippen LogP contribution in [0.4, 0.5) is 5.69 Å². The maximum absolute atomic E-state index is 12.1. The molecule has 2 N–H and O–H groups in total. The predicted molar refractivity (Wildman–Crippen MR) is 91.8 cm³/mol. The number of carbonyl (C=O) groups is 2. The number of benzene rings is 2. The molecule has 1 amide bonds. The highest BCUT2D eigenvalue weighted by molar-refractivity contribution is 6.01. The second-order valence-corrected chi connectivity index (χ2v) is 5.21. The van der Waals surface area contributed by atoms with E-state index in [1.807, 2.05) is 19.1 Å². The third-order valence-corrected chi connectivity index (χ3v) is 3.42. The Morgan fingerprint density at radius 1 is 1.04 bits per heavy atom. The zero-order valence-electron chi connectivity index (χ0n) is 14.2. The van der Waals surface area contributed by atoms with Crippen LogP contribution in [0.3, 0.4) is 0 Å². The maximum Gasteiger partial charge on any atom is 0.337 e. The zero-order chi connectivity index (χ0) is 18.4. The fourth-order valence-corrected chi connectivity index (χ4v) is 2.13. The highest BCUT2D eigenvalue weighted by atomic mass is 16.5. The van der Waals surface area contributed by atoms with Crippen molar-refractivity contribution in [2.24, 2.45) is 0 Å². The number of anilines is 1. The summed E-state index contributed by atoms with van der Waals surface area (Å²) >= 11 is 0. The van der Waals surface area contributed by atoms with E-state index in [1.54, 1.807) is 12.1 Å². The minimum atomic E-state index is -1.20. The van der Waals surface area contributed by atoms with E-state index in [4.69, 9.17) is 14.2 Å². The van der Waals surface area contributed by atoms with Crippen LogP contribution in [0.15, 0.2) is 36.4 Å². The number of amides is 1. The van der Waals surface area contributed by atoms with E-state index in [9.17, 15) is 14.7 Å². The minimum Gasteiger partial charge on any atom is -0.493 e. The van der Waals surface area contributed by atoms with Gasteiger partial charge in [-0.05, 0) is 19.1 Å². The topological polar surface area (TPSA) is 94.1 Å². The van der Waals surface area contributed by atoms with Crippen LogP contribution in [0.25, 0.3) is 0 Å². The number of aryl methyl sites for hydroxylation is 1. The monoisotopic (exact) mass is 345 g/mol. The Bertz CT molecular complexity index is 770. The van der Waals surface area contributed by atoms with E-state index in [2.05, 4.69) is 5.32 Å². The molecule has 0 atom stereocenters. The number of hydrogen-bond acceptors (Lipinski definition) is 5. The first-order valence-corrected chi connectivity index (χ1v) is 7.43. The molecule has 0 spiro atoms. The lowest BCUT2D eigenvalue weighted by molar-refractivity contribution is -0.118. The van der Waals surface area contributed by atoms with E-state index >= 15 is 0 Å². The normalized spacial score (nSPS) is 10.0. The van der Waals surface area contributed by atoms with Gasteiger partial charge in [-0.3, -0.25) is 4.79 Å². The van der Waals surface area contributed by atoms with Crippen LogP contribution >= 0.6 is 0 Å². The number of carbonyl (C=O) groups excluding carboxylic acids is 1. The average molecular weight is 345 g/mol. The molecule has 0 aliphatic rings. The Kier molecular flexibility index (Phi) is 5.84. The zero-order valence-corrected chi connectivity index (χ0v) is 14.2. The molecule has 0 saturated heterocycles. The Morgan fingerprint density at radius 2 is 1.64 bits per heavy atom. The second kappa shape index (κ2) is 8.05. The summed E-state index contributed by atoms with van der Waals surface area (Å²) in [4.78, 5) is 23.5. The van der Waals surface area contributed by atoms with Crippen molar-refractivity contribution >= 4 is 17.6 Å². The molecule has 132 valence electrons. The van der Waals surface area contributed by atoms with E-state index in [-0.39, 0.29) is 23.6 Å². The lowest BCUT2D eigenvalue weighted by Gasteiger charge is -2.14. The molecule has 7 heteroatoms. The molecule has 2 aromatic carbocycles. The average Bonchev–Trinajstić information content (AvgIpc) is 2.60. The van der Waals surface area contributed by atoms with Gasteiger partial charge in [-0.1, -0.05) is 17.7 Å². The van der Waals surface area contributed by atoms with Gasteiger partial charge in [0.15, 0.2) is 18.1 Å². The van der Waals surface area contributed by atoms with Gasteiger partial charge in [-0.2, -0.15) is 0 Å². The number of ether oxygens (including phenoxy) is 3. The molecule has 25 heavy (non-hydrogen) atoms. The van der Waals surface area contributed by atoms with Gasteiger partial charge >= 0.3 is 5.97 Å². The summed E-state index contributed by atoms with van der Waals surface area (Å²) in [5.74, 6) is -0.575. The van der Waals surface area contributed by atoms with Gasteiger partial charge < -0.3 is 24.6 Å². The fourth-order valence-electron chi connectivity index (χ4n) is 2.13. The van der Waals surface area contributed by atoms with Crippen molar-refractivity contribution in [2.75, 3.05) is 26.1 Å². The fraction of sp³-hybridized carbons (Fsp3) is 0.222. The number of nitrogens with one attached hydrogen (secondary N) is 1. The second-order valence-electron chi connectivity index (χ2n) is 5.21. The van der Waals surface area contributed by atoms with Crippen molar-refractivity contribution in [3.63, 3.8) is 0 Å². The SMILES string of the molecule is COc1cc(NC(=O)COc2ccc(C)cc2)c(C(=O)O)cc1OC. The summed E-state index contributed by atoms with van der Waals surface area (Å²) in [7, 11) is 2.82. The summed E-state index contributed by atoms with van der Waals surface area (Å²) in [6.07, 6.45) is 0. The molecule has 2 aromatic rings. The molecule has 0 radical (unpaired) electrons. The lowest BCUT2D eigenvalue weighted by atomic mass is 10.1. The standard InChI is InChI=1S/C18H19NO6/c1-11-4-6-12(7-5-11)25-10-17(20)19-14-9-16(24-3)15(23-2)8-13(14)18(21)22/h4-9H,10H2,1-3H3,(H,19,20)(H,21,22). The summed E-state index contributed by atoms with van der Waals surface area (Å²) in [5, 5.41) is 11.8. The summed E-state index contributed by atoms with van der Waals surface area (Å²) in [6.45, 7) is 1.69. The van der Waals surface area contributed by atoms with Crippen LogP contribution in [0.5, 0.6) is 17.2 Å². The Hall–Kier alpha value is -3.22. The molecule has 0 aliphatic heterocycles. The van der Waals surface area contributed by atoms with Crippen LogP contribution in [-0.2, 0) is 4.79 Å². The van der Waals surface area contributed by atoms with Crippen molar-refractivity contribution in [1.82, 2.24) is 0 Å². The Balaban J connectivity index is 2.13. The van der Waals surface area contributed by atoms with E-state index in [1.165, 1.54) is 26.4 Å². The summed E-state index contributed by atoms with van der Waals surface area (Å²) in [5.41, 5.74) is 1.07. The molecule has 0 aliphatic carbocycles. The van der Waals surface area contributed by atoms with Crippen molar-refractivity contribution < 1.29 is 28.9 Å². The molecular formula is C18H19NO6. The minimum absolute atomic E-state index is 0.0997. The summed E-state index contributed by atoms with van der Waals surface area (Å²) in [6, 6.07) is 9.92. The summed E-state index contributed by atoms with van der Waals surface area (Å²) < 4.78 is 15.6. The van der Waals surface area contributed by atoms with Crippen LogP contribution in [-0.4, -0.2) is 37.8 Å². The maximum atomic E-state index is 12.1. The molecule has 0 saturated carbocycles. The molecule has 0 unspecified atom stereocenters. The molecule has 0 fully saturated rings. The van der Waals surface area contributed by atoms with Crippen LogP contribution < -0.4 is 19.5 Å². The predicted octanol–water partition coefficient (Wildman–Crippen LogP) is 2.73. The van der Waals surface area contributed by atoms with Crippen molar-refractivity contribution in [3.8, 4) is 17.2 Å². The molecule has 7 nitrogen and oxygen atoms in total. The van der Waals surface area contributed by atoms with E-state index in [0.717, 1.165) is 5.56 Å². The first-order chi connectivity index (χ1) is 11.9. The first kappa shape index (κ1) is 18.1. The van der Waals surface area contributed by atoms with Gasteiger partial charge in [-0.25, -0.2) is 4.79 Å². The van der Waals surface area contributed by atoms with E-state index < -0.39 is 11.9 Å². The highest BCUT2D eigenvalue weighted by Gasteiger charge is 2.18. The van der Waals surface area contributed by atoms with Crippen LogP contribution in [0.2, 0.25) is 0 Å². The molecule has 0 heterocycles. The van der Waals surface area contributed by atoms with Gasteiger partial charge in [0.05, 0.1) is 25.5 Å². The third-order valence-electron chi connectivity index (χ3n) is 3.42. The third kappa shape index (κ3) is 4.63. The number of hydrogen-bond donors (Lipinski definition) is 2. The number of rotatable bonds is 7. The molecule has 0 bridgehead atoms. The van der Waals surface area contributed by atoms with Crippen LogP contribution in [0.1, 0.15) is 15.9 Å².